The zero-order valence-corrected chi connectivity index (χ0v) is 9.34. The summed E-state index contributed by atoms with van der Waals surface area (Å²) in [5.41, 5.74) is 0.426. The molecule has 1 N–H and O–H groups in total. The molecule has 1 spiro atoms. The van der Waals surface area contributed by atoms with Gasteiger partial charge in [-0.05, 0) is 33.4 Å². The molecule has 2 atom stereocenters. The Morgan fingerprint density at radius 1 is 1.43 bits per heavy atom. The molecule has 0 aromatic rings. The third kappa shape index (κ3) is 1.26. The minimum absolute atomic E-state index is 0.124. The Hall–Kier alpha value is -0.570. The molecule has 3 heteroatoms. The van der Waals surface area contributed by atoms with E-state index in [1.54, 1.807) is 6.92 Å². The Morgan fingerprint density at radius 2 is 2.07 bits per heavy atom. The van der Waals surface area contributed by atoms with E-state index in [-0.39, 0.29) is 5.91 Å². The second-order valence-electron chi connectivity index (χ2n) is 5.05. The van der Waals surface area contributed by atoms with Crippen molar-refractivity contribution in [1.82, 2.24) is 10.2 Å². The molecule has 0 aromatic carbocycles. The highest BCUT2D eigenvalue weighted by Crippen LogP contribution is 2.57. The van der Waals surface area contributed by atoms with Crippen molar-refractivity contribution in [2.75, 3.05) is 14.1 Å². The SMILES string of the molecule is CC(=O)NC1CC(N(C)C)C12CCC2. The number of carbonyl (C=O) groups is 1. The van der Waals surface area contributed by atoms with Gasteiger partial charge in [-0.15, -0.1) is 0 Å². The lowest BCUT2D eigenvalue weighted by molar-refractivity contribution is -0.132. The van der Waals surface area contributed by atoms with Gasteiger partial charge in [0, 0.05) is 24.4 Å². The molecule has 2 aliphatic carbocycles. The normalized spacial score (nSPS) is 33.7. The van der Waals surface area contributed by atoms with Crippen LogP contribution in [0.4, 0.5) is 0 Å². The summed E-state index contributed by atoms with van der Waals surface area (Å²) < 4.78 is 0. The first-order valence-corrected chi connectivity index (χ1v) is 5.50. The van der Waals surface area contributed by atoms with Gasteiger partial charge in [0.2, 0.25) is 5.91 Å². The predicted octanol–water partition coefficient (Wildman–Crippen LogP) is 0.995. The van der Waals surface area contributed by atoms with E-state index in [9.17, 15) is 4.79 Å². The molecule has 14 heavy (non-hydrogen) atoms. The van der Waals surface area contributed by atoms with Gasteiger partial charge in [-0.1, -0.05) is 6.42 Å². The molecule has 2 aliphatic rings. The fourth-order valence-electron chi connectivity index (χ4n) is 3.20. The maximum Gasteiger partial charge on any atom is 0.217 e. The zero-order chi connectivity index (χ0) is 10.3. The van der Waals surface area contributed by atoms with Gasteiger partial charge in [-0.2, -0.15) is 0 Å². The molecule has 0 saturated heterocycles. The summed E-state index contributed by atoms with van der Waals surface area (Å²) in [6.07, 6.45) is 5.05. The molecule has 0 heterocycles. The van der Waals surface area contributed by atoms with Crippen LogP contribution in [0.1, 0.15) is 32.6 Å². The number of nitrogens with zero attached hydrogens (tertiary/aromatic N) is 1. The molecule has 80 valence electrons. The van der Waals surface area contributed by atoms with Gasteiger partial charge in [-0.3, -0.25) is 4.79 Å². The number of carbonyl (C=O) groups excluding carboxylic acids is 1. The summed E-state index contributed by atoms with van der Waals surface area (Å²) in [5.74, 6) is 0.124. The number of amides is 1. The Balaban J connectivity index is 2.00. The number of rotatable bonds is 2. The largest absolute Gasteiger partial charge is 0.353 e. The van der Waals surface area contributed by atoms with E-state index < -0.39 is 0 Å². The molecule has 2 unspecified atom stereocenters. The van der Waals surface area contributed by atoms with Crippen LogP contribution in [0.15, 0.2) is 0 Å². The van der Waals surface area contributed by atoms with Crippen molar-refractivity contribution in [3.05, 3.63) is 0 Å². The Kier molecular flexibility index (Phi) is 2.30. The van der Waals surface area contributed by atoms with Crippen LogP contribution in [0.25, 0.3) is 0 Å². The minimum Gasteiger partial charge on any atom is -0.353 e. The summed E-state index contributed by atoms with van der Waals surface area (Å²) in [6, 6.07) is 1.13. The van der Waals surface area contributed by atoms with E-state index in [0.717, 1.165) is 6.42 Å². The van der Waals surface area contributed by atoms with Crippen molar-refractivity contribution in [2.45, 2.75) is 44.7 Å². The lowest BCUT2D eigenvalue weighted by Crippen LogP contribution is -2.70. The quantitative estimate of drug-likeness (QED) is 0.714. The van der Waals surface area contributed by atoms with Crippen molar-refractivity contribution in [2.24, 2.45) is 5.41 Å². The van der Waals surface area contributed by atoms with Crippen molar-refractivity contribution < 1.29 is 4.79 Å². The summed E-state index contributed by atoms with van der Waals surface area (Å²) >= 11 is 0. The van der Waals surface area contributed by atoms with Crippen molar-refractivity contribution in [3.63, 3.8) is 0 Å². The zero-order valence-electron chi connectivity index (χ0n) is 9.34. The summed E-state index contributed by atoms with van der Waals surface area (Å²) in [5, 5.41) is 3.09. The molecule has 0 bridgehead atoms. The van der Waals surface area contributed by atoms with Gasteiger partial charge in [0.25, 0.3) is 0 Å². The summed E-state index contributed by atoms with van der Waals surface area (Å²) in [7, 11) is 4.30. The minimum atomic E-state index is 0.124. The predicted molar refractivity (Wildman–Crippen MR) is 56.0 cm³/mol. The lowest BCUT2D eigenvalue weighted by atomic mass is 9.49. The van der Waals surface area contributed by atoms with Gasteiger partial charge in [-0.25, -0.2) is 0 Å². The molecule has 1 amide bonds. The van der Waals surface area contributed by atoms with E-state index in [1.165, 1.54) is 19.3 Å². The Morgan fingerprint density at radius 3 is 2.43 bits per heavy atom. The van der Waals surface area contributed by atoms with Crippen molar-refractivity contribution in [1.29, 1.82) is 0 Å². The van der Waals surface area contributed by atoms with E-state index in [1.807, 2.05) is 0 Å². The summed E-state index contributed by atoms with van der Waals surface area (Å²) in [4.78, 5) is 13.3. The van der Waals surface area contributed by atoms with Gasteiger partial charge < -0.3 is 10.2 Å². The van der Waals surface area contributed by atoms with E-state index >= 15 is 0 Å². The van der Waals surface area contributed by atoms with Crippen LogP contribution in [0.2, 0.25) is 0 Å². The first-order chi connectivity index (χ1) is 6.56. The molecule has 0 aromatic heterocycles. The molecule has 2 fully saturated rings. The van der Waals surface area contributed by atoms with Crippen molar-refractivity contribution in [3.8, 4) is 0 Å². The molecular weight excluding hydrogens is 176 g/mol. The Bertz CT molecular complexity index is 246. The maximum atomic E-state index is 11.0. The van der Waals surface area contributed by atoms with E-state index in [0.29, 0.717) is 17.5 Å². The fraction of sp³-hybridized carbons (Fsp3) is 0.909. The van der Waals surface area contributed by atoms with Gasteiger partial charge in [0.1, 0.15) is 0 Å². The molecular formula is C11H20N2O. The topological polar surface area (TPSA) is 32.3 Å². The van der Waals surface area contributed by atoms with Crippen LogP contribution in [-0.2, 0) is 4.79 Å². The first-order valence-electron chi connectivity index (χ1n) is 5.50. The highest BCUT2D eigenvalue weighted by Gasteiger charge is 2.59. The number of hydrogen-bond donors (Lipinski definition) is 1. The fourth-order valence-corrected chi connectivity index (χ4v) is 3.20. The molecule has 0 radical (unpaired) electrons. The van der Waals surface area contributed by atoms with Crippen LogP contribution < -0.4 is 5.32 Å². The van der Waals surface area contributed by atoms with Crippen LogP contribution in [0, 0.1) is 5.41 Å². The van der Waals surface area contributed by atoms with Gasteiger partial charge >= 0.3 is 0 Å². The molecule has 0 aliphatic heterocycles. The Labute approximate surface area is 85.8 Å². The number of hydrogen-bond acceptors (Lipinski definition) is 2. The van der Waals surface area contributed by atoms with Gasteiger partial charge in [0.15, 0.2) is 0 Å². The second-order valence-corrected chi connectivity index (χ2v) is 5.05. The first kappa shape index (κ1) is 9.97. The van der Waals surface area contributed by atoms with Crippen LogP contribution in [0.3, 0.4) is 0 Å². The molecule has 2 saturated carbocycles. The third-order valence-corrected chi connectivity index (χ3v) is 4.10. The maximum absolute atomic E-state index is 11.0. The van der Waals surface area contributed by atoms with Crippen LogP contribution >= 0.6 is 0 Å². The van der Waals surface area contributed by atoms with Gasteiger partial charge in [0.05, 0.1) is 0 Å². The highest BCUT2D eigenvalue weighted by molar-refractivity contribution is 5.73. The average Bonchev–Trinajstić information content (AvgIpc) is 1.92. The van der Waals surface area contributed by atoms with Crippen LogP contribution in [-0.4, -0.2) is 37.0 Å². The third-order valence-electron chi connectivity index (χ3n) is 4.10. The standard InChI is InChI=1S/C11H20N2O/c1-8(14)12-9-7-10(13(2)3)11(9)5-4-6-11/h9-10H,4-7H2,1-3H3,(H,12,14). The van der Waals surface area contributed by atoms with E-state index in [4.69, 9.17) is 0 Å². The monoisotopic (exact) mass is 196 g/mol. The van der Waals surface area contributed by atoms with E-state index in [2.05, 4.69) is 24.3 Å². The lowest BCUT2D eigenvalue weighted by Gasteiger charge is -2.63. The average molecular weight is 196 g/mol. The molecule has 2 rings (SSSR count). The van der Waals surface area contributed by atoms with Crippen molar-refractivity contribution >= 4 is 5.91 Å². The second kappa shape index (κ2) is 3.23. The molecule has 3 nitrogen and oxygen atoms in total. The number of nitrogens with one attached hydrogen (secondary N) is 1. The highest BCUT2D eigenvalue weighted by atomic mass is 16.1. The smallest absolute Gasteiger partial charge is 0.217 e. The van der Waals surface area contributed by atoms with Crippen LogP contribution in [0.5, 0.6) is 0 Å². The summed E-state index contributed by atoms with van der Waals surface area (Å²) in [6.45, 7) is 1.62.